The van der Waals surface area contributed by atoms with Gasteiger partial charge in [-0.1, -0.05) is 146 Å². The van der Waals surface area contributed by atoms with Crippen LogP contribution in [0.15, 0.2) is 53.7 Å². The zero-order valence-corrected chi connectivity index (χ0v) is 26.3. The first kappa shape index (κ1) is 33.0. The molecule has 0 atom stereocenters. The van der Waals surface area contributed by atoms with E-state index in [1.807, 2.05) is 36.4 Å². The largest absolute Gasteiger partial charge is 0.390 e. The number of para-hydroxylation sites is 1. The number of amides is 1. The van der Waals surface area contributed by atoms with Gasteiger partial charge >= 0.3 is 0 Å². The Morgan fingerprint density at radius 2 is 1.43 bits per heavy atom. The van der Waals surface area contributed by atoms with E-state index < -0.39 is 5.91 Å². The second kappa shape index (κ2) is 18.1. The maximum atomic E-state index is 13.7. The van der Waals surface area contributed by atoms with Gasteiger partial charge in [-0.15, -0.1) is 10.2 Å². The minimum absolute atomic E-state index is 0.00789. The normalized spacial score (nSPS) is 11.8. The molecule has 8 nitrogen and oxygen atoms in total. The van der Waals surface area contributed by atoms with Crippen molar-refractivity contribution in [1.29, 1.82) is 0 Å². The third-order valence-corrected chi connectivity index (χ3v) is 7.43. The quantitative estimate of drug-likeness (QED) is 0.0881. The molecule has 0 fully saturated rings. The van der Waals surface area contributed by atoms with Crippen LogP contribution in [0.4, 0.5) is 5.69 Å². The molecule has 8 heteroatoms. The number of nitrogens with zero attached hydrogens (tertiary/aromatic N) is 5. The van der Waals surface area contributed by atoms with Crippen LogP contribution >= 0.6 is 0 Å². The molecule has 0 unspecified atom stereocenters. The fourth-order valence-corrected chi connectivity index (χ4v) is 4.97. The molecule has 0 bridgehead atoms. The monoisotopic (exact) mass is 574 g/mol. The van der Waals surface area contributed by atoms with Crippen LogP contribution in [-0.2, 0) is 22.8 Å². The number of tetrazole rings is 1. The average molecular weight is 575 g/mol. The third kappa shape index (κ3) is 10.7. The minimum atomic E-state index is -0.420. The van der Waals surface area contributed by atoms with Crippen molar-refractivity contribution in [2.24, 2.45) is 5.16 Å². The summed E-state index contributed by atoms with van der Waals surface area (Å²) in [4.78, 5) is 20.9. The van der Waals surface area contributed by atoms with Gasteiger partial charge in [0.15, 0.2) is 0 Å². The van der Waals surface area contributed by atoms with E-state index in [0.717, 1.165) is 35.2 Å². The smallest absolute Gasteiger partial charge is 0.281 e. The maximum Gasteiger partial charge on any atom is 0.281 e. The van der Waals surface area contributed by atoms with Crippen LogP contribution in [0.25, 0.3) is 0 Å². The second-order valence-electron chi connectivity index (χ2n) is 11.7. The highest BCUT2D eigenvalue weighted by Crippen LogP contribution is 2.32. The van der Waals surface area contributed by atoms with Gasteiger partial charge in [0, 0.05) is 5.69 Å². The van der Waals surface area contributed by atoms with E-state index in [1.54, 1.807) is 4.80 Å². The van der Waals surface area contributed by atoms with E-state index >= 15 is 0 Å². The SMILES string of the molecule is CCCCCCCCCCCCn1nnc(C(=NOCc2ccccc2)C(=O)Nc2c(C(C)C)cccc2C(C)C)n1. The highest BCUT2D eigenvalue weighted by molar-refractivity contribution is 6.47. The fraction of sp³-hybridized carbons (Fsp3) is 0.559. The summed E-state index contributed by atoms with van der Waals surface area (Å²) >= 11 is 0. The summed E-state index contributed by atoms with van der Waals surface area (Å²) in [6.07, 6.45) is 12.6. The number of carbonyl (C=O) groups is 1. The zero-order chi connectivity index (χ0) is 30.2. The molecule has 0 spiro atoms. The van der Waals surface area contributed by atoms with Gasteiger partial charge in [0.05, 0.1) is 6.54 Å². The Labute approximate surface area is 252 Å². The van der Waals surface area contributed by atoms with Gasteiger partial charge in [0.1, 0.15) is 6.61 Å². The lowest BCUT2D eigenvalue weighted by Gasteiger charge is -2.20. The standard InChI is InChI=1S/C34H50N6O2/c1-6-7-8-9-10-11-12-13-14-18-24-40-37-33(36-39-40)32(38-42-25-28-20-16-15-17-21-28)34(41)35-31-29(26(2)3)22-19-23-30(31)27(4)5/h15-17,19-23,26-27H,6-14,18,24-25H2,1-5H3,(H,35,41). The van der Waals surface area contributed by atoms with Gasteiger partial charge in [0.25, 0.3) is 5.91 Å². The predicted molar refractivity (Wildman–Crippen MR) is 171 cm³/mol. The molecule has 1 heterocycles. The molecule has 0 saturated heterocycles. The van der Waals surface area contributed by atoms with Crippen molar-refractivity contribution in [3.05, 3.63) is 71.0 Å². The van der Waals surface area contributed by atoms with Crippen LogP contribution in [-0.4, -0.2) is 31.8 Å². The van der Waals surface area contributed by atoms with Gasteiger partial charge in [0.2, 0.25) is 11.5 Å². The van der Waals surface area contributed by atoms with Crippen molar-refractivity contribution in [2.45, 2.75) is 124 Å². The molecular formula is C34H50N6O2. The number of nitrogens with one attached hydrogen (secondary N) is 1. The number of hydrogen-bond acceptors (Lipinski definition) is 6. The molecule has 0 aliphatic rings. The van der Waals surface area contributed by atoms with Crippen LogP contribution in [0, 0.1) is 0 Å². The van der Waals surface area contributed by atoms with Crippen molar-refractivity contribution in [1.82, 2.24) is 20.2 Å². The number of rotatable bonds is 19. The third-order valence-electron chi connectivity index (χ3n) is 7.43. The fourth-order valence-electron chi connectivity index (χ4n) is 4.97. The van der Waals surface area contributed by atoms with Crippen molar-refractivity contribution < 1.29 is 9.63 Å². The number of aromatic nitrogens is 4. The first-order valence-electron chi connectivity index (χ1n) is 15.9. The molecular weight excluding hydrogens is 524 g/mol. The first-order valence-corrected chi connectivity index (χ1v) is 15.9. The van der Waals surface area contributed by atoms with Crippen molar-refractivity contribution in [3.63, 3.8) is 0 Å². The highest BCUT2D eigenvalue weighted by atomic mass is 16.6. The van der Waals surface area contributed by atoms with Gasteiger partial charge in [-0.2, -0.15) is 4.80 Å². The molecule has 3 aromatic rings. The number of oxime groups is 1. The summed E-state index contributed by atoms with van der Waals surface area (Å²) in [5.41, 5.74) is 3.90. The Morgan fingerprint density at radius 3 is 2.02 bits per heavy atom. The molecule has 0 aliphatic carbocycles. The van der Waals surface area contributed by atoms with Crippen LogP contribution in [0.1, 0.15) is 133 Å². The Morgan fingerprint density at radius 1 is 0.833 bits per heavy atom. The van der Waals surface area contributed by atoms with Crippen LogP contribution in [0.5, 0.6) is 0 Å². The number of unbranched alkanes of at least 4 members (excludes halogenated alkanes) is 9. The van der Waals surface area contributed by atoms with Crippen LogP contribution in [0.2, 0.25) is 0 Å². The lowest BCUT2D eigenvalue weighted by atomic mass is 9.92. The number of benzene rings is 2. The highest BCUT2D eigenvalue weighted by Gasteiger charge is 2.24. The number of hydrogen-bond donors (Lipinski definition) is 1. The van der Waals surface area contributed by atoms with Crippen molar-refractivity contribution >= 4 is 17.3 Å². The van der Waals surface area contributed by atoms with Crippen LogP contribution < -0.4 is 5.32 Å². The average Bonchev–Trinajstić information content (AvgIpc) is 3.45. The molecule has 0 aliphatic heterocycles. The number of anilines is 1. The Hall–Kier alpha value is -3.55. The molecule has 228 valence electrons. The summed E-state index contributed by atoms with van der Waals surface area (Å²) in [6, 6.07) is 15.9. The summed E-state index contributed by atoms with van der Waals surface area (Å²) < 4.78 is 0. The van der Waals surface area contributed by atoms with E-state index in [9.17, 15) is 4.79 Å². The molecule has 2 aromatic carbocycles. The number of carbonyl (C=O) groups excluding carboxylic acids is 1. The summed E-state index contributed by atoms with van der Waals surface area (Å²) in [5, 5.41) is 20.3. The Kier molecular flexibility index (Phi) is 14.2. The Bertz CT molecular complexity index is 1210. The second-order valence-corrected chi connectivity index (χ2v) is 11.7. The van der Waals surface area contributed by atoms with E-state index in [2.05, 4.69) is 72.6 Å². The minimum Gasteiger partial charge on any atom is -0.390 e. The Balaban J connectivity index is 1.67. The maximum absolute atomic E-state index is 13.7. The zero-order valence-electron chi connectivity index (χ0n) is 26.3. The predicted octanol–water partition coefficient (Wildman–Crippen LogP) is 8.40. The van der Waals surface area contributed by atoms with Gasteiger partial charge < -0.3 is 10.2 Å². The summed E-state index contributed by atoms with van der Waals surface area (Å²) in [7, 11) is 0. The van der Waals surface area contributed by atoms with E-state index in [4.69, 9.17) is 4.84 Å². The molecule has 0 saturated carbocycles. The van der Waals surface area contributed by atoms with Crippen molar-refractivity contribution in [3.8, 4) is 0 Å². The van der Waals surface area contributed by atoms with Gasteiger partial charge in [-0.3, -0.25) is 4.79 Å². The lowest BCUT2D eigenvalue weighted by Crippen LogP contribution is -2.27. The molecule has 1 N–H and O–H groups in total. The van der Waals surface area contributed by atoms with E-state index in [-0.39, 0.29) is 30.0 Å². The lowest BCUT2D eigenvalue weighted by molar-refractivity contribution is -0.110. The molecule has 1 amide bonds. The molecule has 1 aromatic heterocycles. The van der Waals surface area contributed by atoms with Gasteiger partial charge in [-0.25, -0.2) is 0 Å². The number of aryl methyl sites for hydroxylation is 1. The topological polar surface area (TPSA) is 94.3 Å². The van der Waals surface area contributed by atoms with Crippen LogP contribution in [0.3, 0.4) is 0 Å². The van der Waals surface area contributed by atoms with E-state index in [1.165, 1.54) is 51.4 Å². The molecule has 0 radical (unpaired) electrons. The van der Waals surface area contributed by atoms with Crippen molar-refractivity contribution in [2.75, 3.05) is 5.32 Å². The molecule has 42 heavy (non-hydrogen) atoms. The summed E-state index contributed by atoms with van der Waals surface area (Å²) in [6.45, 7) is 11.6. The van der Waals surface area contributed by atoms with E-state index in [0.29, 0.717) is 6.54 Å². The first-order chi connectivity index (χ1) is 20.4. The molecule has 3 rings (SSSR count). The summed E-state index contributed by atoms with van der Waals surface area (Å²) in [5.74, 6) is 0.194. The van der Waals surface area contributed by atoms with Gasteiger partial charge in [-0.05, 0) is 40.2 Å².